The maximum atomic E-state index is 13.2. The van der Waals surface area contributed by atoms with Gasteiger partial charge in [0.25, 0.3) is 0 Å². The van der Waals surface area contributed by atoms with Gasteiger partial charge in [0.15, 0.2) is 0 Å². The normalized spacial score (nSPS) is 24.0. The number of aliphatic carboxylic acids is 1. The van der Waals surface area contributed by atoms with Crippen molar-refractivity contribution in [3.05, 3.63) is 23.3 Å². The Morgan fingerprint density at radius 1 is 1.22 bits per heavy atom. The number of phenolic OH excluding ortho intramolecular Hbond substituents is 2. The molecule has 0 bridgehead atoms. The number of nitrogens with two attached hydrogens (primary N) is 1. The minimum Gasteiger partial charge on any atom is -0.508 e. The first-order valence-corrected chi connectivity index (χ1v) is 13.6. The minimum atomic E-state index is -1.64. The first kappa shape index (κ1) is 31.4. The van der Waals surface area contributed by atoms with E-state index in [0.29, 0.717) is 0 Å². The van der Waals surface area contributed by atoms with E-state index in [-0.39, 0.29) is 35.6 Å². The van der Waals surface area contributed by atoms with Gasteiger partial charge in [0.1, 0.15) is 42.8 Å². The van der Waals surface area contributed by atoms with Crippen LogP contribution in [0.4, 0.5) is 0 Å². The molecule has 0 unspecified atom stereocenters. The molecular formula is C24H31N5O11S. The number of amides is 4. The Kier molecular flexibility index (Phi) is 10.4. The number of likely N-dealkylation sites (tertiary alicyclic amines) is 1. The Morgan fingerprint density at radius 3 is 2.59 bits per heavy atom. The first-order chi connectivity index (χ1) is 19.3. The molecule has 0 spiro atoms. The number of aliphatic hydroxyl groups is 1. The van der Waals surface area contributed by atoms with Gasteiger partial charge in [0, 0.05) is 29.7 Å². The molecule has 2 heterocycles. The number of thioether (sulfide) groups is 1. The summed E-state index contributed by atoms with van der Waals surface area (Å²) < 4.78 is 5.22. The number of carboxylic acid groups (broad SMARTS) is 1. The summed E-state index contributed by atoms with van der Waals surface area (Å²) in [6.45, 7) is -0.0898. The number of carboxylic acids is 1. The Labute approximate surface area is 237 Å². The number of hydrogen-bond acceptors (Lipinski definition) is 12. The first-order valence-electron chi connectivity index (χ1n) is 12.4. The molecule has 2 aliphatic rings. The van der Waals surface area contributed by atoms with Crippen molar-refractivity contribution in [3.8, 4) is 11.5 Å². The van der Waals surface area contributed by atoms with Gasteiger partial charge < -0.3 is 51.7 Å². The number of benzene rings is 1. The van der Waals surface area contributed by atoms with E-state index < -0.39 is 90.5 Å². The zero-order chi connectivity index (χ0) is 30.4. The van der Waals surface area contributed by atoms with Crippen LogP contribution in [0.25, 0.3) is 0 Å². The second kappa shape index (κ2) is 13.5. The number of esters is 1. The smallest absolute Gasteiger partial charge is 0.338 e. The molecule has 2 aliphatic heterocycles. The fourth-order valence-corrected chi connectivity index (χ4v) is 5.37. The molecule has 5 atom stereocenters. The van der Waals surface area contributed by atoms with Crippen molar-refractivity contribution in [3.63, 3.8) is 0 Å². The van der Waals surface area contributed by atoms with Crippen molar-refractivity contribution >= 4 is 47.3 Å². The summed E-state index contributed by atoms with van der Waals surface area (Å²) in [6.07, 6.45) is -1.21. The molecule has 1 saturated heterocycles. The quantitative estimate of drug-likeness (QED) is 0.152. The lowest BCUT2D eigenvalue weighted by molar-refractivity contribution is -0.142. The third kappa shape index (κ3) is 7.77. The highest BCUT2D eigenvalue weighted by molar-refractivity contribution is 7.98. The van der Waals surface area contributed by atoms with Crippen molar-refractivity contribution in [1.82, 2.24) is 20.9 Å². The topological polar surface area (TPSA) is 258 Å². The van der Waals surface area contributed by atoms with Crippen LogP contribution < -0.4 is 21.7 Å². The van der Waals surface area contributed by atoms with Crippen LogP contribution in [0.3, 0.4) is 0 Å². The lowest BCUT2D eigenvalue weighted by Crippen LogP contribution is -2.60. The van der Waals surface area contributed by atoms with Crippen LogP contribution in [0.15, 0.2) is 12.1 Å². The summed E-state index contributed by atoms with van der Waals surface area (Å²) >= 11 is 0.998. The number of fused-ring (bicyclic) bond motifs is 1. The van der Waals surface area contributed by atoms with Crippen LogP contribution in [-0.2, 0) is 34.5 Å². The number of carbonyl (C=O) groups excluding carboxylic acids is 5. The fraction of sp³-hybridized carbons (Fsp3) is 0.500. The molecule has 3 rings (SSSR count). The molecule has 1 aromatic rings. The molecule has 4 amide bonds. The van der Waals surface area contributed by atoms with Crippen molar-refractivity contribution in [2.45, 2.75) is 49.4 Å². The predicted molar refractivity (Wildman–Crippen MR) is 140 cm³/mol. The van der Waals surface area contributed by atoms with Crippen LogP contribution in [-0.4, -0.2) is 117 Å². The summed E-state index contributed by atoms with van der Waals surface area (Å²) in [6, 6.07) is -3.30. The van der Waals surface area contributed by atoms with Crippen LogP contribution in [0, 0.1) is 0 Å². The summed E-state index contributed by atoms with van der Waals surface area (Å²) in [7, 11) is 0. The van der Waals surface area contributed by atoms with E-state index in [1.54, 1.807) is 0 Å². The van der Waals surface area contributed by atoms with Gasteiger partial charge in [-0.2, -0.15) is 11.8 Å². The third-order valence-electron chi connectivity index (χ3n) is 6.33. The van der Waals surface area contributed by atoms with Gasteiger partial charge in [0.05, 0.1) is 17.7 Å². The highest BCUT2D eigenvalue weighted by Crippen LogP contribution is 2.31. The number of rotatable bonds is 6. The lowest BCUT2D eigenvalue weighted by atomic mass is 10.1. The molecule has 0 aliphatic carbocycles. The standard InChI is InChI=1S/C24H31N5O11S/c1-10(25)23(38)29-3-2-16(31)19(29)22(37)27-14-7-40-24(39)12-4-11(30)5-17(32)13(12)8-41-9-15(28-21(14)36)20(35)26-6-18(33)34/h4-5,10,14-16,19,30-32H,2-3,6-9,25H2,1H3,(H,26,35)(H,27,37)(H,28,36)(H,33,34)/t10-,14-,15-,16+,19+/m0/s1. The number of hydrogen-bond donors (Lipinski definition) is 8. The number of phenols is 2. The number of nitrogens with zero attached hydrogens (tertiary/aromatic N) is 1. The fourth-order valence-electron chi connectivity index (χ4n) is 4.27. The van der Waals surface area contributed by atoms with Gasteiger partial charge in [-0.1, -0.05) is 0 Å². The molecular weight excluding hydrogens is 566 g/mol. The van der Waals surface area contributed by atoms with Crippen molar-refractivity contribution < 1.29 is 53.9 Å². The summed E-state index contributed by atoms with van der Waals surface area (Å²) in [5, 5.41) is 46.4. The van der Waals surface area contributed by atoms with E-state index in [4.69, 9.17) is 15.6 Å². The van der Waals surface area contributed by atoms with Crippen molar-refractivity contribution in [1.29, 1.82) is 0 Å². The monoisotopic (exact) mass is 597 g/mol. The maximum absolute atomic E-state index is 13.2. The van der Waals surface area contributed by atoms with Gasteiger partial charge in [-0.05, 0) is 19.4 Å². The van der Waals surface area contributed by atoms with Gasteiger partial charge in [-0.15, -0.1) is 0 Å². The minimum absolute atomic E-state index is 0.0261. The number of aromatic hydroxyl groups is 2. The Bertz CT molecular complexity index is 1230. The number of cyclic esters (lactones) is 1. The second-order valence-corrected chi connectivity index (χ2v) is 10.5. The highest BCUT2D eigenvalue weighted by Gasteiger charge is 2.43. The van der Waals surface area contributed by atoms with Gasteiger partial charge in [0.2, 0.25) is 23.6 Å². The average molecular weight is 598 g/mol. The van der Waals surface area contributed by atoms with Gasteiger partial charge in [-0.25, -0.2) is 4.79 Å². The largest absolute Gasteiger partial charge is 0.508 e. The highest BCUT2D eigenvalue weighted by atomic mass is 32.2. The van der Waals surface area contributed by atoms with Crippen LogP contribution in [0.5, 0.6) is 11.5 Å². The molecule has 17 heteroatoms. The van der Waals surface area contributed by atoms with E-state index in [1.165, 1.54) is 6.92 Å². The van der Waals surface area contributed by atoms with E-state index >= 15 is 0 Å². The van der Waals surface area contributed by atoms with Crippen molar-refractivity contribution in [2.75, 3.05) is 25.4 Å². The molecule has 9 N–H and O–H groups in total. The molecule has 16 nitrogen and oxygen atoms in total. The second-order valence-electron chi connectivity index (χ2n) is 9.46. The summed E-state index contributed by atoms with van der Waals surface area (Å²) in [5.74, 6) is -6.87. The zero-order valence-electron chi connectivity index (χ0n) is 21.9. The van der Waals surface area contributed by atoms with Gasteiger partial charge in [-0.3, -0.25) is 24.0 Å². The van der Waals surface area contributed by atoms with Crippen LogP contribution >= 0.6 is 11.8 Å². The van der Waals surface area contributed by atoms with E-state index in [0.717, 1.165) is 28.8 Å². The molecule has 0 saturated carbocycles. The van der Waals surface area contributed by atoms with Gasteiger partial charge >= 0.3 is 11.9 Å². The van der Waals surface area contributed by atoms with Crippen LogP contribution in [0.2, 0.25) is 0 Å². The average Bonchev–Trinajstić information content (AvgIpc) is 3.29. The molecule has 224 valence electrons. The molecule has 1 aromatic carbocycles. The molecule has 0 aromatic heterocycles. The zero-order valence-corrected chi connectivity index (χ0v) is 22.7. The van der Waals surface area contributed by atoms with Crippen molar-refractivity contribution in [2.24, 2.45) is 5.73 Å². The summed E-state index contributed by atoms with van der Waals surface area (Å²) in [5.41, 5.74) is 5.49. The molecule has 0 radical (unpaired) electrons. The predicted octanol–water partition coefficient (Wildman–Crippen LogP) is -3.02. The van der Waals surface area contributed by atoms with E-state index in [1.807, 2.05) is 0 Å². The number of aliphatic hydroxyl groups excluding tert-OH is 1. The lowest BCUT2D eigenvalue weighted by Gasteiger charge is -2.29. The number of carbonyl (C=O) groups is 6. The third-order valence-corrected chi connectivity index (χ3v) is 7.39. The number of ether oxygens (including phenoxy) is 1. The summed E-state index contributed by atoms with van der Waals surface area (Å²) in [4.78, 5) is 76.5. The van der Waals surface area contributed by atoms with E-state index in [2.05, 4.69) is 16.0 Å². The SMILES string of the molecule is C[C@H](N)C(=O)N1CC[C@@H](O)[C@@H]1C(=O)N[C@H]1COC(=O)c2cc(O)cc(O)c2CSC[C@@H](C(=O)NCC(=O)O)NC1=O. The van der Waals surface area contributed by atoms with Crippen LogP contribution in [0.1, 0.15) is 29.3 Å². The Morgan fingerprint density at radius 2 is 1.93 bits per heavy atom. The Balaban J connectivity index is 1.92. The number of nitrogens with one attached hydrogen (secondary N) is 3. The Hall–Kier alpha value is -4.09. The van der Waals surface area contributed by atoms with E-state index in [9.17, 15) is 44.1 Å². The molecule has 1 fully saturated rings. The maximum Gasteiger partial charge on any atom is 0.338 e. The molecule has 41 heavy (non-hydrogen) atoms.